The fraction of sp³-hybridized carbons (Fsp3) is 0.250. The molecule has 31 heavy (non-hydrogen) atoms. The van der Waals surface area contributed by atoms with E-state index >= 15 is 0 Å². The van der Waals surface area contributed by atoms with Gasteiger partial charge in [-0.25, -0.2) is 14.4 Å². The third kappa shape index (κ3) is 5.12. The number of benzene rings is 2. The monoisotopic (exact) mass is 419 g/mol. The molecule has 0 bridgehead atoms. The van der Waals surface area contributed by atoms with E-state index in [1.54, 1.807) is 48.5 Å². The van der Waals surface area contributed by atoms with E-state index in [4.69, 9.17) is 4.74 Å². The Balaban J connectivity index is 1.36. The lowest BCUT2D eigenvalue weighted by atomic mass is 9.92. The first-order valence-electron chi connectivity index (χ1n) is 10.2. The summed E-state index contributed by atoms with van der Waals surface area (Å²) in [6.45, 7) is 0. The maximum Gasteiger partial charge on any atom is 0.316 e. The normalized spacial score (nSPS) is 18.2. The molecule has 7 heteroatoms. The van der Waals surface area contributed by atoms with Crippen molar-refractivity contribution in [2.45, 2.75) is 37.8 Å². The van der Waals surface area contributed by atoms with Gasteiger partial charge in [0.15, 0.2) is 11.6 Å². The number of halogens is 1. The van der Waals surface area contributed by atoms with Crippen LogP contribution in [0.15, 0.2) is 67.0 Å². The smallest absolute Gasteiger partial charge is 0.316 e. The van der Waals surface area contributed by atoms with Crippen molar-refractivity contribution in [2.24, 2.45) is 0 Å². The Hall–Kier alpha value is -3.61. The lowest BCUT2D eigenvalue weighted by Crippen LogP contribution is -2.40. The molecule has 1 N–H and O–H groups in total. The van der Waals surface area contributed by atoms with Crippen molar-refractivity contribution in [3.8, 4) is 6.01 Å². The van der Waals surface area contributed by atoms with Crippen molar-refractivity contribution < 1.29 is 18.7 Å². The van der Waals surface area contributed by atoms with Gasteiger partial charge in [0.1, 0.15) is 6.10 Å². The van der Waals surface area contributed by atoms with Crippen molar-refractivity contribution >= 4 is 11.7 Å². The standard InChI is InChI=1S/C24H22FN3O3/c25-17-14-26-24(27-15-17)31-19-12-10-18(11-13-19)28-23(30)21-9-5-4-8-20(21)22(29)16-6-2-1-3-7-16/h1-9,14-15,18-19H,10-13H2,(H,28,30). The third-order valence-corrected chi connectivity index (χ3v) is 5.33. The molecule has 1 aliphatic carbocycles. The number of carbonyl (C=O) groups is 2. The van der Waals surface area contributed by atoms with Gasteiger partial charge in [0.25, 0.3) is 5.91 Å². The van der Waals surface area contributed by atoms with Gasteiger partial charge in [-0.05, 0) is 31.7 Å². The minimum atomic E-state index is -0.509. The summed E-state index contributed by atoms with van der Waals surface area (Å²) in [4.78, 5) is 33.4. The molecule has 2 aromatic carbocycles. The van der Waals surface area contributed by atoms with Crippen LogP contribution in [-0.2, 0) is 0 Å². The van der Waals surface area contributed by atoms with Crippen LogP contribution >= 0.6 is 0 Å². The van der Waals surface area contributed by atoms with E-state index < -0.39 is 5.82 Å². The van der Waals surface area contributed by atoms with Gasteiger partial charge in [0.05, 0.1) is 18.0 Å². The molecule has 0 aliphatic heterocycles. The molecule has 1 saturated carbocycles. The summed E-state index contributed by atoms with van der Waals surface area (Å²) >= 11 is 0. The predicted molar refractivity (Wildman–Crippen MR) is 112 cm³/mol. The zero-order valence-corrected chi connectivity index (χ0v) is 16.8. The van der Waals surface area contributed by atoms with Crippen LogP contribution in [0.3, 0.4) is 0 Å². The molecular weight excluding hydrogens is 397 g/mol. The maximum absolute atomic E-state index is 12.9. The van der Waals surface area contributed by atoms with E-state index in [9.17, 15) is 14.0 Å². The second-order valence-corrected chi connectivity index (χ2v) is 7.49. The molecule has 3 aromatic rings. The zero-order chi connectivity index (χ0) is 21.6. The Morgan fingerprint density at radius 3 is 2.16 bits per heavy atom. The average molecular weight is 419 g/mol. The summed E-state index contributed by atoms with van der Waals surface area (Å²) in [5.41, 5.74) is 1.30. The van der Waals surface area contributed by atoms with Gasteiger partial charge in [-0.15, -0.1) is 0 Å². The minimum absolute atomic E-state index is 0.0126. The maximum atomic E-state index is 12.9. The highest BCUT2D eigenvalue weighted by molar-refractivity contribution is 6.15. The number of amides is 1. The van der Waals surface area contributed by atoms with Crippen molar-refractivity contribution in [2.75, 3.05) is 0 Å². The topological polar surface area (TPSA) is 81.2 Å². The first kappa shape index (κ1) is 20.7. The van der Waals surface area contributed by atoms with Crippen LogP contribution in [0.4, 0.5) is 4.39 Å². The van der Waals surface area contributed by atoms with Gasteiger partial charge in [0, 0.05) is 17.2 Å². The molecule has 0 saturated heterocycles. The Morgan fingerprint density at radius 2 is 1.48 bits per heavy atom. The number of ketones is 1. The fourth-order valence-corrected chi connectivity index (χ4v) is 3.72. The molecule has 158 valence electrons. The number of nitrogens with one attached hydrogen (secondary N) is 1. The number of aromatic nitrogens is 2. The van der Waals surface area contributed by atoms with E-state index in [-0.39, 0.29) is 29.8 Å². The van der Waals surface area contributed by atoms with Crippen molar-refractivity contribution in [3.05, 3.63) is 89.5 Å². The molecule has 1 aromatic heterocycles. The average Bonchev–Trinajstić information content (AvgIpc) is 2.82. The minimum Gasteiger partial charge on any atom is -0.460 e. The van der Waals surface area contributed by atoms with Crippen LogP contribution in [0, 0.1) is 5.82 Å². The second kappa shape index (κ2) is 9.47. The summed E-state index contributed by atoms with van der Waals surface area (Å²) in [6, 6.07) is 15.9. The van der Waals surface area contributed by atoms with Crippen LogP contribution in [-0.4, -0.2) is 33.8 Å². The molecule has 0 atom stereocenters. The van der Waals surface area contributed by atoms with Gasteiger partial charge >= 0.3 is 6.01 Å². The number of rotatable bonds is 6. The summed E-state index contributed by atoms with van der Waals surface area (Å²) in [5, 5.41) is 3.05. The number of nitrogens with zero attached hydrogens (tertiary/aromatic N) is 2. The van der Waals surface area contributed by atoms with E-state index in [1.807, 2.05) is 6.07 Å². The van der Waals surface area contributed by atoms with Gasteiger partial charge < -0.3 is 10.1 Å². The van der Waals surface area contributed by atoms with Crippen molar-refractivity contribution in [1.29, 1.82) is 0 Å². The van der Waals surface area contributed by atoms with E-state index in [1.165, 1.54) is 0 Å². The largest absolute Gasteiger partial charge is 0.460 e. The van der Waals surface area contributed by atoms with Gasteiger partial charge in [-0.2, -0.15) is 0 Å². The number of carbonyl (C=O) groups excluding carboxylic acids is 2. The number of ether oxygens (including phenoxy) is 1. The highest BCUT2D eigenvalue weighted by Crippen LogP contribution is 2.23. The number of hydrogen-bond donors (Lipinski definition) is 1. The summed E-state index contributed by atoms with van der Waals surface area (Å²) in [6.07, 6.45) is 4.96. The summed E-state index contributed by atoms with van der Waals surface area (Å²) < 4.78 is 18.6. The van der Waals surface area contributed by atoms with Crippen LogP contribution in [0.1, 0.15) is 52.0 Å². The highest BCUT2D eigenvalue weighted by Gasteiger charge is 2.26. The predicted octanol–water partition coefficient (Wildman–Crippen LogP) is 3.97. The van der Waals surface area contributed by atoms with Crippen LogP contribution in [0.2, 0.25) is 0 Å². The van der Waals surface area contributed by atoms with E-state index in [2.05, 4.69) is 15.3 Å². The van der Waals surface area contributed by atoms with Gasteiger partial charge in [-0.3, -0.25) is 9.59 Å². The number of hydrogen-bond acceptors (Lipinski definition) is 5. The second-order valence-electron chi connectivity index (χ2n) is 7.49. The molecule has 1 aliphatic rings. The zero-order valence-electron chi connectivity index (χ0n) is 16.8. The Morgan fingerprint density at radius 1 is 0.871 bits per heavy atom. The Labute approximate surface area is 179 Å². The van der Waals surface area contributed by atoms with Crippen molar-refractivity contribution in [1.82, 2.24) is 15.3 Å². The molecule has 1 heterocycles. The van der Waals surface area contributed by atoms with E-state index in [0.29, 0.717) is 16.7 Å². The lowest BCUT2D eigenvalue weighted by molar-refractivity contribution is 0.0879. The molecule has 0 spiro atoms. The Kier molecular flexibility index (Phi) is 6.31. The third-order valence-electron chi connectivity index (χ3n) is 5.33. The molecule has 0 radical (unpaired) electrons. The van der Waals surface area contributed by atoms with E-state index in [0.717, 1.165) is 38.1 Å². The molecule has 4 rings (SSSR count). The van der Waals surface area contributed by atoms with Crippen molar-refractivity contribution in [3.63, 3.8) is 0 Å². The highest BCUT2D eigenvalue weighted by atomic mass is 19.1. The first-order valence-corrected chi connectivity index (χ1v) is 10.2. The lowest BCUT2D eigenvalue weighted by Gasteiger charge is -2.29. The van der Waals surface area contributed by atoms with Crippen LogP contribution in [0.5, 0.6) is 6.01 Å². The molecule has 1 amide bonds. The Bertz CT molecular complexity index is 1050. The summed E-state index contributed by atoms with van der Waals surface area (Å²) in [5.74, 6) is -0.946. The summed E-state index contributed by atoms with van der Waals surface area (Å²) in [7, 11) is 0. The molecular formula is C24H22FN3O3. The fourth-order valence-electron chi connectivity index (χ4n) is 3.72. The quantitative estimate of drug-likeness (QED) is 0.612. The van der Waals surface area contributed by atoms with Crippen LogP contribution < -0.4 is 10.1 Å². The van der Waals surface area contributed by atoms with Crippen LogP contribution in [0.25, 0.3) is 0 Å². The molecule has 6 nitrogen and oxygen atoms in total. The first-order chi connectivity index (χ1) is 15.1. The molecule has 0 unspecified atom stereocenters. The SMILES string of the molecule is O=C(NC1CCC(Oc2ncc(F)cn2)CC1)c1ccccc1C(=O)c1ccccc1. The van der Waals surface area contributed by atoms with Gasteiger partial charge in [-0.1, -0.05) is 48.5 Å². The van der Waals surface area contributed by atoms with Gasteiger partial charge in [0.2, 0.25) is 0 Å². The molecule has 1 fully saturated rings.